The molecule has 8 heteroatoms. The molecular formula is C15H20FN3O4. The largest absolute Gasteiger partial charge is 0.484 e. The number of nitrogens with one attached hydrogen (secondary N) is 2. The van der Waals surface area contributed by atoms with E-state index in [4.69, 9.17) is 4.74 Å². The molecule has 126 valence electrons. The van der Waals surface area contributed by atoms with Crippen LogP contribution in [0.5, 0.6) is 5.75 Å². The second kappa shape index (κ2) is 8.42. The summed E-state index contributed by atoms with van der Waals surface area (Å²) in [5, 5.41) is 16.6. The lowest BCUT2D eigenvalue weighted by atomic mass is 9.96. The maximum absolute atomic E-state index is 13.4. The minimum absolute atomic E-state index is 0.0831. The van der Waals surface area contributed by atoms with Gasteiger partial charge in [0.2, 0.25) is 5.82 Å². The standard InChI is InChI=1S/C15H20FN3O4/c16-13-8-12(3-4-14(13)19(21)22)23-10-15(20)18-7-5-11-2-1-6-17-9-11/h3-4,8,11,17H,1-2,5-7,9-10H2,(H,18,20). The van der Waals surface area contributed by atoms with Gasteiger partial charge >= 0.3 is 5.69 Å². The van der Waals surface area contributed by atoms with Gasteiger partial charge in [-0.25, -0.2) is 0 Å². The molecule has 1 aromatic carbocycles. The Bertz CT molecular complexity index is 562. The molecule has 2 rings (SSSR count). The van der Waals surface area contributed by atoms with Crippen LogP contribution in [-0.4, -0.2) is 37.1 Å². The summed E-state index contributed by atoms with van der Waals surface area (Å²) in [7, 11) is 0. The van der Waals surface area contributed by atoms with Gasteiger partial charge in [0.05, 0.1) is 4.92 Å². The topological polar surface area (TPSA) is 93.5 Å². The van der Waals surface area contributed by atoms with Gasteiger partial charge in [0.25, 0.3) is 5.91 Å². The zero-order valence-electron chi connectivity index (χ0n) is 12.7. The third-order valence-corrected chi connectivity index (χ3v) is 3.76. The van der Waals surface area contributed by atoms with Gasteiger partial charge in [0.1, 0.15) is 5.75 Å². The van der Waals surface area contributed by atoms with Crippen LogP contribution in [0.25, 0.3) is 0 Å². The number of carbonyl (C=O) groups excluding carboxylic acids is 1. The number of benzene rings is 1. The fraction of sp³-hybridized carbons (Fsp3) is 0.533. The van der Waals surface area contributed by atoms with Crippen LogP contribution in [0.2, 0.25) is 0 Å². The van der Waals surface area contributed by atoms with Crippen molar-refractivity contribution >= 4 is 11.6 Å². The number of ether oxygens (including phenoxy) is 1. The molecule has 7 nitrogen and oxygen atoms in total. The number of amides is 1. The lowest BCUT2D eigenvalue weighted by Gasteiger charge is -2.22. The molecule has 23 heavy (non-hydrogen) atoms. The molecular weight excluding hydrogens is 305 g/mol. The highest BCUT2D eigenvalue weighted by molar-refractivity contribution is 5.77. The molecule has 1 amide bonds. The molecule has 0 spiro atoms. The molecule has 1 heterocycles. The van der Waals surface area contributed by atoms with Gasteiger partial charge < -0.3 is 15.4 Å². The van der Waals surface area contributed by atoms with Crippen molar-refractivity contribution in [3.8, 4) is 5.75 Å². The maximum Gasteiger partial charge on any atom is 0.305 e. The summed E-state index contributed by atoms with van der Waals surface area (Å²) in [5.41, 5.74) is -0.622. The first kappa shape index (κ1) is 17.1. The molecule has 1 fully saturated rings. The van der Waals surface area contributed by atoms with Gasteiger partial charge in [-0.15, -0.1) is 0 Å². The third kappa shape index (κ3) is 5.48. The van der Waals surface area contributed by atoms with Gasteiger partial charge in [0.15, 0.2) is 6.61 Å². The number of piperidine rings is 1. The van der Waals surface area contributed by atoms with E-state index < -0.39 is 16.4 Å². The monoisotopic (exact) mass is 325 g/mol. The number of hydrogen-bond donors (Lipinski definition) is 2. The quantitative estimate of drug-likeness (QED) is 0.587. The van der Waals surface area contributed by atoms with E-state index in [-0.39, 0.29) is 18.3 Å². The van der Waals surface area contributed by atoms with Crippen LogP contribution in [0.4, 0.5) is 10.1 Å². The highest BCUT2D eigenvalue weighted by atomic mass is 19.1. The Kier molecular flexibility index (Phi) is 6.28. The van der Waals surface area contributed by atoms with Crippen molar-refractivity contribution in [1.82, 2.24) is 10.6 Å². The van der Waals surface area contributed by atoms with E-state index in [1.807, 2.05) is 0 Å². The van der Waals surface area contributed by atoms with Crippen molar-refractivity contribution in [2.75, 3.05) is 26.2 Å². The number of hydrogen-bond acceptors (Lipinski definition) is 5. The van der Waals surface area contributed by atoms with Crippen LogP contribution in [0.1, 0.15) is 19.3 Å². The first-order chi connectivity index (χ1) is 11.1. The maximum atomic E-state index is 13.4. The van der Waals surface area contributed by atoms with E-state index in [0.29, 0.717) is 12.5 Å². The molecule has 1 unspecified atom stereocenters. The summed E-state index contributed by atoms with van der Waals surface area (Å²) in [4.78, 5) is 21.4. The van der Waals surface area contributed by atoms with E-state index in [1.165, 1.54) is 12.5 Å². The van der Waals surface area contributed by atoms with Gasteiger partial charge in [0, 0.05) is 18.7 Å². The number of halogens is 1. The Morgan fingerprint density at radius 1 is 1.52 bits per heavy atom. The molecule has 0 bridgehead atoms. The Morgan fingerprint density at radius 3 is 3.00 bits per heavy atom. The van der Waals surface area contributed by atoms with E-state index in [1.54, 1.807) is 0 Å². The predicted molar refractivity (Wildman–Crippen MR) is 81.8 cm³/mol. The Labute approximate surface area is 133 Å². The zero-order valence-corrected chi connectivity index (χ0v) is 12.7. The van der Waals surface area contributed by atoms with Gasteiger partial charge in [-0.05, 0) is 44.3 Å². The molecule has 1 aromatic rings. The van der Waals surface area contributed by atoms with Crippen LogP contribution in [-0.2, 0) is 4.79 Å². The van der Waals surface area contributed by atoms with Crippen molar-refractivity contribution in [2.24, 2.45) is 5.92 Å². The number of nitro benzene ring substituents is 1. The fourth-order valence-corrected chi connectivity index (χ4v) is 2.51. The minimum atomic E-state index is -0.988. The van der Waals surface area contributed by atoms with E-state index in [2.05, 4.69) is 10.6 Å². The summed E-state index contributed by atoms with van der Waals surface area (Å²) in [6, 6.07) is 3.18. The van der Waals surface area contributed by atoms with Crippen molar-refractivity contribution in [3.63, 3.8) is 0 Å². The highest BCUT2D eigenvalue weighted by Gasteiger charge is 2.15. The predicted octanol–water partition coefficient (Wildman–Crippen LogP) is 1.62. The van der Waals surface area contributed by atoms with Crippen LogP contribution in [0.15, 0.2) is 18.2 Å². The molecule has 2 N–H and O–H groups in total. The summed E-state index contributed by atoms with van der Waals surface area (Å²) in [6.07, 6.45) is 3.24. The van der Waals surface area contributed by atoms with Crippen molar-refractivity contribution in [3.05, 3.63) is 34.1 Å². The summed E-state index contributed by atoms with van der Waals surface area (Å²) in [6.45, 7) is 2.36. The second-order valence-electron chi connectivity index (χ2n) is 5.51. The Hall–Kier alpha value is -2.22. The van der Waals surface area contributed by atoms with Crippen LogP contribution >= 0.6 is 0 Å². The Morgan fingerprint density at radius 2 is 2.35 bits per heavy atom. The zero-order chi connectivity index (χ0) is 16.7. The smallest absolute Gasteiger partial charge is 0.305 e. The summed E-state index contributed by atoms with van der Waals surface area (Å²) >= 11 is 0. The van der Waals surface area contributed by atoms with Crippen molar-refractivity contribution in [1.29, 1.82) is 0 Å². The SMILES string of the molecule is O=C(COc1ccc([N+](=O)[O-])c(F)c1)NCCC1CCCNC1. The van der Waals surface area contributed by atoms with Crippen molar-refractivity contribution in [2.45, 2.75) is 19.3 Å². The molecule has 0 aliphatic carbocycles. The molecule has 1 saturated heterocycles. The van der Waals surface area contributed by atoms with Crippen LogP contribution in [0.3, 0.4) is 0 Å². The average Bonchev–Trinajstić information content (AvgIpc) is 2.53. The van der Waals surface area contributed by atoms with Gasteiger partial charge in [-0.3, -0.25) is 14.9 Å². The highest BCUT2D eigenvalue weighted by Crippen LogP contribution is 2.22. The van der Waals surface area contributed by atoms with E-state index in [0.717, 1.165) is 38.1 Å². The summed E-state index contributed by atoms with van der Waals surface area (Å²) in [5.74, 6) is -0.626. The average molecular weight is 325 g/mol. The number of rotatable bonds is 7. The normalized spacial score (nSPS) is 17.5. The minimum Gasteiger partial charge on any atom is -0.484 e. The Balaban J connectivity index is 1.69. The molecule has 0 radical (unpaired) electrons. The first-order valence-electron chi connectivity index (χ1n) is 7.60. The molecule has 0 saturated carbocycles. The van der Waals surface area contributed by atoms with Gasteiger partial charge in [-0.2, -0.15) is 4.39 Å². The number of nitro groups is 1. The van der Waals surface area contributed by atoms with Crippen molar-refractivity contribution < 1.29 is 18.8 Å². The summed E-state index contributed by atoms with van der Waals surface area (Å²) < 4.78 is 18.5. The molecule has 0 aromatic heterocycles. The lowest BCUT2D eigenvalue weighted by Crippen LogP contribution is -2.34. The second-order valence-corrected chi connectivity index (χ2v) is 5.51. The lowest BCUT2D eigenvalue weighted by molar-refractivity contribution is -0.387. The van der Waals surface area contributed by atoms with Crippen LogP contribution < -0.4 is 15.4 Å². The van der Waals surface area contributed by atoms with E-state index in [9.17, 15) is 19.3 Å². The fourth-order valence-electron chi connectivity index (χ4n) is 2.51. The van der Waals surface area contributed by atoms with Crippen LogP contribution in [0, 0.1) is 21.8 Å². The number of nitrogens with zero attached hydrogens (tertiary/aromatic N) is 1. The molecule has 1 atom stereocenters. The molecule has 1 aliphatic rings. The van der Waals surface area contributed by atoms with E-state index >= 15 is 0 Å². The molecule has 1 aliphatic heterocycles. The number of carbonyl (C=O) groups is 1. The third-order valence-electron chi connectivity index (χ3n) is 3.76. The van der Waals surface area contributed by atoms with Gasteiger partial charge in [-0.1, -0.05) is 0 Å². The first-order valence-corrected chi connectivity index (χ1v) is 7.60.